The Morgan fingerprint density at radius 2 is 2.20 bits per heavy atom. The molecule has 0 spiro atoms. The average Bonchev–Trinajstić information content (AvgIpc) is 3.18. The smallest absolute Gasteiger partial charge is 0.273 e. The van der Waals surface area contributed by atoms with Crippen LogP contribution in [-0.4, -0.2) is 19.7 Å². The molecule has 0 atom stereocenters. The van der Waals surface area contributed by atoms with Crippen molar-refractivity contribution in [3.05, 3.63) is 39.7 Å². The number of nitro benzene ring substituents is 1. The number of benzene rings is 1. The van der Waals surface area contributed by atoms with Crippen LogP contribution in [0, 0.1) is 17.0 Å². The van der Waals surface area contributed by atoms with Crippen LogP contribution in [0.4, 0.5) is 5.69 Å². The largest absolute Gasteiger partial charge is 0.307 e. The Hall–Kier alpha value is -1.95. The molecule has 3 rings (SSSR count). The molecule has 0 radical (unpaired) electrons. The second kappa shape index (κ2) is 4.86. The van der Waals surface area contributed by atoms with Crippen molar-refractivity contribution in [2.75, 3.05) is 0 Å². The average molecular weight is 293 g/mol. The van der Waals surface area contributed by atoms with E-state index in [0.717, 1.165) is 24.2 Å². The van der Waals surface area contributed by atoms with Gasteiger partial charge in [-0.1, -0.05) is 12.1 Å². The molecular formula is C13H13ClN4O2. The van der Waals surface area contributed by atoms with E-state index in [2.05, 4.69) is 10.2 Å². The first-order valence-corrected chi connectivity index (χ1v) is 6.91. The van der Waals surface area contributed by atoms with E-state index in [1.165, 1.54) is 6.07 Å². The van der Waals surface area contributed by atoms with Crippen molar-refractivity contribution in [2.45, 2.75) is 31.7 Å². The Labute approximate surface area is 120 Å². The third-order valence-electron chi connectivity index (χ3n) is 3.54. The molecule has 1 aliphatic carbocycles. The lowest BCUT2D eigenvalue weighted by Gasteiger charge is -2.09. The number of hydrogen-bond acceptors (Lipinski definition) is 4. The van der Waals surface area contributed by atoms with E-state index in [-0.39, 0.29) is 16.5 Å². The van der Waals surface area contributed by atoms with Crippen LogP contribution in [0.3, 0.4) is 0 Å². The molecule has 7 heteroatoms. The summed E-state index contributed by atoms with van der Waals surface area (Å²) in [5.74, 6) is 1.68. The third-order valence-corrected chi connectivity index (χ3v) is 3.78. The summed E-state index contributed by atoms with van der Waals surface area (Å²) in [6.45, 7) is 1.74. The number of nitrogens with zero attached hydrogens (tertiary/aromatic N) is 4. The maximum Gasteiger partial charge on any atom is 0.273 e. The minimum atomic E-state index is -0.376. The zero-order chi connectivity index (χ0) is 14.3. The SMILES string of the molecule is Cc1c(-c2nnc(CCl)n2C2CC2)cccc1[N+](=O)[O-]. The van der Waals surface area contributed by atoms with Gasteiger partial charge in [-0.15, -0.1) is 21.8 Å². The molecule has 20 heavy (non-hydrogen) atoms. The lowest BCUT2D eigenvalue weighted by atomic mass is 10.1. The number of hydrogen-bond donors (Lipinski definition) is 0. The lowest BCUT2D eigenvalue weighted by Crippen LogP contribution is -2.03. The first kappa shape index (κ1) is 13.1. The standard InChI is InChI=1S/C13H13ClN4O2/c1-8-10(3-2-4-11(8)18(19)20)13-16-15-12(7-14)17(13)9-5-6-9/h2-4,9H,5-7H2,1H3. The quantitative estimate of drug-likeness (QED) is 0.492. The van der Waals surface area contributed by atoms with Gasteiger partial charge in [-0.25, -0.2) is 0 Å². The molecule has 0 saturated heterocycles. The number of rotatable bonds is 4. The van der Waals surface area contributed by atoms with Crippen molar-refractivity contribution in [1.82, 2.24) is 14.8 Å². The predicted molar refractivity (Wildman–Crippen MR) is 74.7 cm³/mol. The van der Waals surface area contributed by atoms with Gasteiger partial charge in [0.2, 0.25) is 0 Å². The fourth-order valence-electron chi connectivity index (χ4n) is 2.38. The molecule has 1 fully saturated rings. The second-order valence-corrected chi connectivity index (χ2v) is 5.15. The monoisotopic (exact) mass is 292 g/mol. The van der Waals surface area contributed by atoms with Gasteiger partial charge in [0.1, 0.15) is 5.82 Å². The topological polar surface area (TPSA) is 73.8 Å². The van der Waals surface area contributed by atoms with Crippen LogP contribution in [0.15, 0.2) is 18.2 Å². The fraction of sp³-hybridized carbons (Fsp3) is 0.385. The van der Waals surface area contributed by atoms with Gasteiger partial charge in [0.05, 0.1) is 10.8 Å². The van der Waals surface area contributed by atoms with Crippen molar-refractivity contribution in [3.63, 3.8) is 0 Å². The molecule has 0 bridgehead atoms. The predicted octanol–water partition coefficient (Wildman–Crippen LogP) is 3.24. The highest BCUT2D eigenvalue weighted by atomic mass is 35.5. The zero-order valence-corrected chi connectivity index (χ0v) is 11.7. The van der Waals surface area contributed by atoms with Gasteiger partial charge in [0, 0.05) is 23.2 Å². The summed E-state index contributed by atoms with van der Waals surface area (Å²) >= 11 is 5.89. The summed E-state index contributed by atoms with van der Waals surface area (Å²) in [6, 6.07) is 5.38. The Kier molecular flexibility index (Phi) is 3.17. The first-order valence-electron chi connectivity index (χ1n) is 6.37. The Morgan fingerprint density at radius 3 is 2.80 bits per heavy atom. The molecule has 0 unspecified atom stereocenters. The molecule has 1 aromatic heterocycles. The first-order chi connectivity index (χ1) is 9.63. The van der Waals surface area contributed by atoms with Crippen LogP contribution in [0.1, 0.15) is 30.3 Å². The van der Waals surface area contributed by atoms with Gasteiger partial charge in [-0.05, 0) is 19.8 Å². The van der Waals surface area contributed by atoms with Gasteiger partial charge < -0.3 is 4.57 Å². The number of alkyl halides is 1. The molecular weight excluding hydrogens is 280 g/mol. The van der Waals surface area contributed by atoms with Crippen molar-refractivity contribution in [2.24, 2.45) is 0 Å². The van der Waals surface area contributed by atoms with Gasteiger partial charge in [0.25, 0.3) is 5.69 Å². The number of aromatic nitrogens is 3. The Morgan fingerprint density at radius 1 is 1.45 bits per heavy atom. The molecule has 1 saturated carbocycles. The highest BCUT2D eigenvalue weighted by Gasteiger charge is 2.30. The Balaban J connectivity index is 2.16. The van der Waals surface area contributed by atoms with E-state index in [9.17, 15) is 10.1 Å². The van der Waals surface area contributed by atoms with Crippen LogP contribution in [0.25, 0.3) is 11.4 Å². The summed E-state index contributed by atoms with van der Waals surface area (Å²) in [5, 5.41) is 19.3. The van der Waals surface area contributed by atoms with Gasteiger partial charge >= 0.3 is 0 Å². The van der Waals surface area contributed by atoms with Crippen molar-refractivity contribution in [1.29, 1.82) is 0 Å². The summed E-state index contributed by atoms with van der Waals surface area (Å²) in [5.41, 5.74) is 1.45. The van der Waals surface area contributed by atoms with Crippen LogP contribution < -0.4 is 0 Å². The molecule has 1 aliphatic rings. The number of nitro groups is 1. The highest BCUT2D eigenvalue weighted by Crippen LogP contribution is 2.40. The van der Waals surface area contributed by atoms with Crippen LogP contribution in [0.2, 0.25) is 0 Å². The Bertz CT molecular complexity index is 679. The van der Waals surface area contributed by atoms with Gasteiger partial charge in [-0.3, -0.25) is 10.1 Å². The van der Waals surface area contributed by atoms with E-state index >= 15 is 0 Å². The van der Waals surface area contributed by atoms with Gasteiger partial charge in [0.15, 0.2) is 5.82 Å². The maximum absolute atomic E-state index is 11.0. The summed E-state index contributed by atoms with van der Waals surface area (Å²) < 4.78 is 2.01. The van der Waals surface area contributed by atoms with E-state index in [4.69, 9.17) is 11.6 Å². The van der Waals surface area contributed by atoms with Crippen molar-refractivity contribution in [3.8, 4) is 11.4 Å². The summed E-state index contributed by atoms with van der Waals surface area (Å²) in [7, 11) is 0. The molecule has 1 heterocycles. The normalized spacial score (nSPS) is 14.5. The molecule has 0 aliphatic heterocycles. The van der Waals surface area contributed by atoms with Crippen LogP contribution in [0.5, 0.6) is 0 Å². The van der Waals surface area contributed by atoms with Crippen LogP contribution >= 0.6 is 11.6 Å². The molecule has 1 aromatic carbocycles. The van der Waals surface area contributed by atoms with Crippen LogP contribution in [-0.2, 0) is 5.88 Å². The van der Waals surface area contributed by atoms with E-state index in [1.54, 1.807) is 13.0 Å². The third kappa shape index (κ3) is 2.06. The van der Waals surface area contributed by atoms with Gasteiger partial charge in [-0.2, -0.15) is 0 Å². The summed E-state index contributed by atoms with van der Waals surface area (Å²) in [6.07, 6.45) is 2.14. The number of halogens is 1. The summed E-state index contributed by atoms with van der Waals surface area (Å²) in [4.78, 5) is 10.7. The highest BCUT2D eigenvalue weighted by molar-refractivity contribution is 6.16. The minimum absolute atomic E-state index is 0.0975. The fourth-order valence-corrected chi connectivity index (χ4v) is 2.56. The molecule has 0 N–H and O–H groups in total. The minimum Gasteiger partial charge on any atom is -0.307 e. The molecule has 104 valence electrons. The lowest BCUT2D eigenvalue weighted by molar-refractivity contribution is -0.385. The maximum atomic E-state index is 11.0. The molecule has 6 nitrogen and oxygen atoms in total. The van der Waals surface area contributed by atoms with E-state index < -0.39 is 0 Å². The molecule has 0 amide bonds. The van der Waals surface area contributed by atoms with E-state index in [0.29, 0.717) is 17.4 Å². The zero-order valence-electron chi connectivity index (χ0n) is 10.9. The van der Waals surface area contributed by atoms with E-state index in [1.807, 2.05) is 10.6 Å². The second-order valence-electron chi connectivity index (χ2n) is 4.88. The molecule has 2 aromatic rings. The van der Waals surface area contributed by atoms with Crippen molar-refractivity contribution < 1.29 is 4.92 Å². The van der Waals surface area contributed by atoms with Crippen molar-refractivity contribution >= 4 is 17.3 Å².